The zero-order valence-electron chi connectivity index (χ0n) is 8.03. The Kier molecular flexibility index (Phi) is 2.12. The molecule has 2 rings (SSSR count). The van der Waals surface area contributed by atoms with Crippen molar-refractivity contribution in [1.29, 1.82) is 0 Å². The van der Waals surface area contributed by atoms with Gasteiger partial charge in [-0.15, -0.1) is 0 Å². The van der Waals surface area contributed by atoms with Gasteiger partial charge in [-0.05, 0) is 29.0 Å². The standard InChI is InChI=1S/C12H12O2/c1-8-6-9(7-12(13)14)11-5-3-2-4-10(8)11/h2-5,7-8H,6H2,1H3,(H,13,14)/b9-7+. The molecule has 1 N–H and O–H groups in total. The van der Waals surface area contributed by atoms with Crippen molar-refractivity contribution in [3.05, 3.63) is 41.5 Å². The molecule has 1 unspecified atom stereocenters. The van der Waals surface area contributed by atoms with E-state index in [0.717, 1.165) is 17.6 Å². The summed E-state index contributed by atoms with van der Waals surface area (Å²) in [5.41, 5.74) is 3.31. The smallest absolute Gasteiger partial charge is 0.328 e. The van der Waals surface area contributed by atoms with Gasteiger partial charge in [0, 0.05) is 6.08 Å². The van der Waals surface area contributed by atoms with Gasteiger partial charge in [0.15, 0.2) is 0 Å². The second-order valence-electron chi connectivity index (χ2n) is 3.70. The van der Waals surface area contributed by atoms with Crippen LogP contribution in [0.15, 0.2) is 30.3 Å². The highest BCUT2D eigenvalue weighted by atomic mass is 16.4. The molecule has 0 heterocycles. The third-order valence-electron chi connectivity index (χ3n) is 2.66. The number of hydrogen-bond acceptors (Lipinski definition) is 1. The minimum Gasteiger partial charge on any atom is -0.478 e. The summed E-state index contributed by atoms with van der Waals surface area (Å²) in [4.78, 5) is 10.6. The summed E-state index contributed by atoms with van der Waals surface area (Å²) < 4.78 is 0. The average molecular weight is 188 g/mol. The maximum Gasteiger partial charge on any atom is 0.328 e. The van der Waals surface area contributed by atoms with Gasteiger partial charge in [0.1, 0.15) is 0 Å². The van der Waals surface area contributed by atoms with Crippen molar-refractivity contribution in [3.63, 3.8) is 0 Å². The van der Waals surface area contributed by atoms with Crippen molar-refractivity contribution in [3.8, 4) is 0 Å². The third kappa shape index (κ3) is 1.43. The lowest BCUT2D eigenvalue weighted by Crippen LogP contribution is -1.89. The fraction of sp³-hybridized carbons (Fsp3) is 0.250. The van der Waals surface area contributed by atoms with Crippen molar-refractivity contribution in [2.45, 2.75) is 19.3 Å². The number of allylic oxidation sites excluding steroid dienone is 1. The normalized spacial score (nSPS) is 22.4. The van der Waals surface area contributed by atoms with Crippen LogP contribution in [0.2, 0.25) is 0 Å². The molecule has 0 radical (unpaired) electrons. The van der Waals surface area contributed by atoms with Crippen LogP contribution in [0.4, 0.5) is 0 Å². The van der Waals surface area contributed by atoms with E-state index in [-0.39, 0.29) is 0 Å². The largest absolute Gasteiger partial charge is 0.478 e. The van der Waals surface area contributed by atoms with E-state index in [0.29, 0.717) is 5.92 Å². The summed E-state index contributed by atoms with van der Waals surface area (Å²) in [6, 6.07) is 8.02. The number of fused-ring (bicyclic) bond motifs is 1. The van der Waals surface area contributed by atoms with Crippen molar-refractivity contribution >= 4 is 11.5 Å². The van der Waals surface area contributed by atoms with Crippen LogP contribution in [0.5, 0.6) is 0 Å². The highest BCUT2D eigenvalue weighted by Crippen LogP contribution is 2.40. The van der Waals surface area contributed by atoms with Crippen molar-refractivity contribution in [1.82, 2.24) is 0 Å². The van der Waals surface area contributed by atoms with Crippen molar-refractivity contribution in [2.75, 3.05) is 0 Å². The number of rotatable bonds is 1. The zero-order valence-corrected chi connectivity index (χ0v) is 8.03. The first kappa shape index (κ1) is 9.00. The summed E-state index contributed by atoms with van der Waals surface area (Å²) in [5, 5.41) is 8.71. The Morgan fingerprint density at radius 2 is 2.21 bits per heavy atom. The first-order valence-corrected chi connectivity index (χ1v) is 4.71. The Morgan fingerprint density at radius 3 is 2.93 bits per heavy atom. The van der Waals surface area contributed by atoms with Crippen molar-refractivity contribution in [2.24, 2.45) is 0 Å². The molecule has 1 atom stereocenters. The van der Waals surface area contributed by atoms with E-state index >= 15 is 0 Å². The predicted molar refractivity (Wildman–Crippen MR) is 55.1 cm³/mol. The van der Waals surface area contributed by atoms with Crippen LogP contribution in [-0.2, 0) is 4.79 Å². The number of carboxylic acids is 1. The Balaban J connectivity index is 2.49. The van der Waals surface area contributed by atoms with Gasteiger partial charge in [0.2, 0.25) is 0 Å². The molecule has 0 saturated heterocycles. The Morgan fingerprint density at radius 1 is 1.50 bits per heavy atom. The van der Waals surface area contributed by atoms with Gasteiger partial charge in [-0.3, -0.25) is 0 Å². The Labute approximate surface area is 82.9 Å². The molecule has 1 aliphatic carbocycles. The fourth-order valence-electron chi connectivity index (χ4n) is 2.05. The molecule has 1 aromatic carbocycles. The Hall–Kier alpha value is -1.57. The summed E-state index contributed by atoms with van der Waals surface area (Å²) in [6.07, 6.45) is 2.16. The minimum absolute atomic E-state index is 0.441. The molecule has 0 fully saturated rings. The van der Waals surface area contributed by atoms with E-state index in [4.69, 9.17) is 5.11 Å². The summed E-state index contributed by atoms with van der Waals surface area (Å²) in [5.74, 6) is -0.416. The second-order valence-corrected chi connectivity index (χ2v) is 3.70. The number of hydrogen-bond donors (Lipinski definition) is 1. The number of benzene rings is 1. The monoisotopic (exact) mass is 188 g/mol. The van der Waals surface area contributed by atoms with Crippen LogP contribution in [0.3, 0.4) is 0 Å². The van der Waals surface area contributed by atoms with Crippen LogP contribution in [-0.4, -0.2) is 11.1 Å². The van der Waals surface area contributed by atoms with E-state index in [1.165, 1.54) is 11.6 Å². The summed E-state index contributed by atoms with van der Waals surface area (Å²) >= 11 is 0. The van der Waals surface area contributed by atoms with Gasteiger partial charge in [-0.2, -0.15) is 0 Å². The van der Waals surface area contributed by atoms with Crippen LogP contribution < -0.4 is 0 Å². The Bertz CT molecular complexity index is 405. The number of carbonyl (C=O) groups is 1. The van der Waals surface area contributed by atoms with E-state index in [1.54, 1.807) is 0 Å². The maximum atomic E-state index is 10.6. The minimum atomic E-state index is -0.857. The van der Waals surface area contributed by atoms with Crippen LogP contribution in [0.1, 0.15) is 30.4 Å². The van der Waals surface area contributed by atoms with Gasteiger partial charge in [0.05, 0.1) is 0 Å². The van der Waals surface area contributed by atoms with Crippen LogP contribution in [0, 0.1) is 0 Å². The SMILES string of the molecule is CC1C/C(=C\C(=O)O)c2ccccc21. The summed E-state index contributed by atoms with van der Waals surface area (Å²) in [6.45, 7) is 2.13. The third-order valence-corrected chi connectivity index (χ3v) is 2.66. The molecule has 1 aliphatic rings. The van der Waals surface area contributed by atoms with Crippen molar-refractivity contribution < 1.29 is 9.90 Å². The first-order chi connectivity index (χ1) is 6.68. The molecule has 2 heteroatoms. The molecule has 0 saturated carbocycles. The molecule has 72 valence electrons. The fourth-order valence-corrected chi connectivity index (χ4v) is 2.05. The molecular weight excluding hydrogens is 176 g/mol. The number of carboxylic acid groups (broad SMARTS) is 1. The topological polar surface area (TPSA) is 37.3 Å². The van der Waals surface area contributed by atoms with Gasteiger partial charge >= 0.3 is 5.97 Å². The highest BCUT2D eigenvalue weighted by molar-refractivity contribution is 5.92. The molecule has 14 heavy (non-hydrogen) atoms. The summed E-state index contributed by atoms with van der Waals surface area (Å²) in [7, 11) is 0. The van der Waals surface area contributed by atoms with E-state index in [2.05, 4.69) is 13.0 Å². The molecule has 2 nitrogen and oxygen atoms in total. The first-order valence-electron chi connectivity index (χ1n) is 4.71. The second kappa shape index (κ2) is 3.29. The van der Waals surface area contributed by atoms with E-state index in [9.17, 15) is 4.79 Å². The quantitative estimate of drug-likeness (QED) is 0.688. The van der Waals surface area contributed by atoms with Gasteiger partial charge in [0.25, 0.3) is 0 Å². The molecule has 0 aliphatic heterocycles. The number of aliphatic carboxylic acids is 1. The molecule has 1 aromatic rings. The van der Waals surface area contributed by atoms with E-state index in [1.807, 2.05) is 18.2 Å². The molecular formula is C12H12O2. The molecule has 0 bridgehead atoms. The molecule has 0 amide bonds. The lowest BCUT2D eigenvalue weighted by Gasteiger charge is -2.00. The lowest BCUT2D eigenvalue weighted by atomic mass is 10.0. The predicted octanol–water partition coefficient (Wildman–Crippen LogP) is 2.66. The van der Waals surface area contributed by atoms with Gasteiger partial charge in [-0.25, -0.2) is 4.79 Å². The highest BCUT2D eigenvalue weighted by Gasteiger charge is 2.22. The molecule has 0 spiro atoms. The van der Waals surface area contributed by atoms with E-state index < -0.39 is 5.97 Å². The van der Waals surface area contributed by atoms with Gasteiger partial charge < -0.3 is 5.11 Å². The zero-order chi connectivity index (χ0) is 10.1. The molecule has 0 aromatic heterocycles. The van der Waals surface area contributed by atoms with Gasteiger partial charge in [-0.1, -0.05) is 31.2 Å². The lowest BCUT2D eigenvalue weighted by molar-refractivity contribution is -0.131. The average Bonchev–Trinajstić information content (AvgIpc) is 2.44. The van der Waals surface area contributed by atoms with Crippen LogP contribution >= 0.6 is 0 Å². The maximum absolute atomic E-state index is 10.6. The van der Waals surface area contributed by atoms with Crippen LogP contribution in [0.25, 0.3) is 5.57 Å².